The number of nitrogen functional groups attached to an aromatic ring is 1. The van der Waals surface area contributed by atoms with Gasteiger partial charge >= 0.3 is 5.69 Å². The lowest BCUT2D eigenvalue weighted by molar-refractivity contribution is -0.128. The van der Waals surface area contributed by atoms with Crippen LogP contribution in [0.1, 0.15) is 18.1 Å². The topological polar surface area (TPSA) is 110 Å². The molecular formula is C24H26N4O4. The monoisotopic (exact) mass is 434 g/mol. The number of aromatic amines is 1. The van der Waals surface area contributed by atoms with E-state index in [0.29, 0.717) is 0 Å². The molecule has 1 heterocycles. The van der Waals surface area contributed by atoms with Crippen molar-refractivity contribution in [2.75, 3.05) is 17.2 Å². The first-order chi connectivity index (χ1) is 15.4. The van der Waals surface area contributed by atoms with Gasteiger partial charge in [-0.15, -0.1) is 6.58 Å². The minimum absolute atomic E-state index is 0.0816. The average Bonchev–Trinajstić information content (AvgIpc) is 2.80. The normalized spacial score (nSPS) is 11.7. The number of nitrogens with zero attached hydrogens (tertiary/aromatic N) is 2. The van der Waals surface area contributed by atoms with Crippen LogP contribution in [0.5, 0.6) is 0 Å². The van der Waals surface area contributed by atoms with Gasteiger partial charge in [-0.05, 0) is 18.1 Å². The Labute approximate surface area is 185 Å². The zero-order valence-corrected chi connectivity index (χ0v) is 17.9. The molecule has 0 spiro atoms. The number of H-pyrrole nitrogens is 1. The summed E-state index contributed by atoms with van der Waals surface area (Å²) < 4.78 is 6.73. The Morgan fingerprint density at radius 1 is 1.12 bits per heavy atom. The number of nitrogens with two attached hydrogens (primary N) is 1. The maximum absolute atomic E-state index is 13.3. The van der Waals surface area contributed by atoms with E-state index in [9.17, 15) is 14.4 Å². The zero-order chi connectivity index (χ0) is 23.1. The van der Waals surface area contributed by atoms with Gasteiger partial charge in [0.2, 0.25) is 0 Å². The van der Waals surface area contributed by atoms with E-state index in [0.717, 1.165) is 11.1 Å². The van der Waals surface area contributed by atoms with Crippen molar-refractivity contribution < 1.29 is 9.53 Å². The predicted molar refractivity (Wildman–Crippen MR) is 125 cm³/mol. The summed E-state index contributed by atoms with van der Waals surface area (Å²) in [6.45, 7) is 5.58. The highest BCUT2D eigenvalue weighted by Crippen LogP contribution is 2.22. The molecule has 1 aromatic heterocycles. The second-order valence-electron chi connectivity index (χ2n) is 7.24. The molecule has 2 aromatic carbocycles. The minimum atomic E-state index is -0.856. The van der Waals surface area contributed by atoms with Crippen molar-refractivity contribution in [3.05, 3.63) is 105 Å². The third-order valence-corrected chi connectivity index (χ3v) is 4.93. The standard InChI is InChI=1S/C24H26N4O4/c1-3-14-32-17(2)23(30)27(15-18-10-6-4-7-11-18)20-21(25)28(24(31)26-22(20)29)16-19-12-8-5-9-13-19/h3-13,17H,1,14-16,25H2,2H3,(H,26,29,31). The van der Waals surface area contributed by atoms with Crippen molar-refractivity contribution in [3.8, 4) is 0 Å². The van der Waals surface area contributed by atoms with Crippen molar-refractivity contribution in [1.29, 1.82) is 0 Å². The number of aromatic nitrogens is 2. The molecule has 0 aliphatic rings. The zero-order valence-electron chi connectivity index (χ0n) is 17.9. The van der Waals surface area contributed by atoms with Gasteiger partial charge in [0.05, 0.1) is 19.7 Å². The highest BCUT2D eigenvalue weighted by atomic mass is 16.5. The molecule has 0 saturated heterocycles. The van der Waals surface area contributed by atoms with E-state index >= 15 is 0 Å². The Kier molecular flexibility index (Phi) is 7.41. The van der Waals surface area contributed by atoms with E-state index in [4.69, 9.17) is 10.5 Å². The van der Waals surface area contributed by atoms with E-state index in [1.807, 2.05) is 60.7 Å². The van der Waals surface area contributed by atoms with Crippen LogP contribution < -0.4 is 21.9 Å². The molecule has 1 amide bonds. The van der Waals surface area contributed by atoms with E-state index in [1.165, 1.54) is 15.5 Å². The van der Waals surface area contributed by atoms with E-state index < -0.39 is 23.3 Å². The first-order valence-corrected chi connectivity index (χ1v) is 10.2. The molecule has 8 nitrogen and oxygen atoms in total. The van der Waals surface area contributed by atoms with Crippen LogP contribution in [0.2, 0.25) is 0 Å². The Morgan fingerprint density at radius 3 is 2.31 bits per heavy atom. The van der Waals surface area contributed by atoms with E-state index in [1.54, 1.807) is 6.92 Å². The number of carbonyl (C=O) groups excluding carboxylic acids is 1. The molecule has 0 radical (unpaired) electrons. The third-order valence-electron chi connectivity index (χ3n) is 4.93. The molecule has 3 N–H and O–H groups in total. The number of benzene rings is 2. The number of amides is 1. The summed E-state index contributed by atoms with van der Waals surface area (Å²) in [5.41, 5.74) is 6.45. The number of nitrogens with one attached hydrogen (secondary N) is 1. The van der Waals surface area contributed by atoms with Gasteiger partial charge in [0.25, 0.3) is 11.5 Å². The molecule has 0 bridgehead atoms. The fourth-order valence-corrected chi connectivity index (χ4v) is 3.30. The van der Waals surface area contributed by atoms with Crippen molar-refractivity contribution in [2.24, 2.45) is 0 Å². The van der Waals surface area contributed by atoms with Crippen LogP contribution in [0.3, 0.4) is 0 Å². The van der Waals surface area contributed by atoms with Crippen molar-refractivity contribution in [1.82, 2.24) is 9.55 Å². The van der Waals surface area contributed by atoms with Crippen LogP contribution in [0.4, 0.5) is 11.5 Å². The SMILES string of the molecule is C=CCOC(C)C(=O)N(Cc1ccccc1)c1c(N)n(Cc2ccccc2)c(=O)[nH]c1=O. The highest BCUT2D eigenvalue weighted by Gasteiger charge is 2.28. The molecule has 3 rings (SSSR count). The lowest BCUT2D eigenvalue weighted by atomic mass is 10.2. The smallest absolute Gasteiger partial charge is 0.330 e. The fraction of sp³-hybridized carbons (Fsp3) is 0.208. The van der Waals surface area contributed by atoms with Crippen LogP contribution >= 0.6 is 0 Å². The predicted octanol–water partition coefficient (Wildman–Crippen LogP) is 2.29. The third kappa shape index (κ3) is 5.22. The second kappa shape index (κ2) is 10.4. The van der Waals surface area contributed by atoms with Gasteiger partial charge in [-0.1, -0.05) is 66.7 Å². The van der Waals surface area contributed by atoms with Gasteiger partial charge in [0, 0.05) is 0 Å². The van der Waals surface area contributed by atoms with Gasteiger partial charge in [-0.25, -0.2) is 4.79 Å². The number of anilines is 2. The van der Waals surface area contributed by atoms with E-state index in [-0.39, 0.29) is 31.2 Å². The van der Waals surface area contributed by atoms with Gasteiger partial charge in [-0.3, -0.25) is 24.0 Å². The lowest BCUT2D eigenvalue weighted by Crippen LogP contribution is -2.44. The van der Waals surface area contributed by atoms with Gasteiger partial charge in [0.1, 0.15) is 11.9 Å². The molecule has 166 valence electrons. The van der Waals surface area contributed by atoms with Crippen molar-refractivity contribution in [3.63, 3.8) is 0 Å². The number of ether oxygens (including phenoxy) is 1. The maximum atomic E-state index is 13.3. The number of carbonyl (C=O) groups is 1. The Balaban J connectivity index is 2.09. The molecule has 1 unspecified atom stereocenters. The highest BCUT2D eigenvalue weighted by molar-refractivity contribution is 5.98. The number of hydrogen-bond acceptors (Lipinski definition) is 5. The first kappa shape index (κ1) is 22.8. The first-order valence-electron chi connectivity index (χ1n) is 10.2. The molecule has 32 heavy (non-hydrogen) atoms. The van der Waals surface area contributed by atoms with Crippen LogP contribution in [0, 0.1) is 0 Å². The van der Waals surface area contributed by atoms with Gasteiger partial charge in [0.15, 0.2) is 5.69 Å². The summed E-state index contributed by atoms with van der Waals surface area (Å²) in [4.78, 5) is 42.2. The summed E-state index contributed by atoms with van der Waals surface area (Å²) >= 11 is 0. The van der Waals surface area contributed by atoms with E-state index in [2.05, 4.69) is 11.6 Å². The Bertz CT molecular complexity index is 1190. The summed E-state index contributed by atoms with van der Waals surface area (Å²) in [6.07, 6.45) is 0.678. The molecule has 0 aliphatic heterocycles. The Morgan fingerprint density at radius 2 is 1.72 bits per heavy atom. The summed E-state index contributed by atoms with van der Waals surface area (Å²) in [7, 11) is 0. The fourth-order valence-electron chi connectivity index (χ4n) is 3.30. The summed E-state index contributed by atoms with van der Waals surface area (Å²) in [5, 5.41) is 0. The molecule has 0 aliphatic carbocycles. The molecule has 0 saturated carbocycles. The summed E-state index contributed by atoms with van der Waals surface area (Å²) in [5.74, 6) is -0.555. The number of hydrogen-bond donors (Lipinski definition) is 2. The molecule has 1 atom stereocenters. The van der Waals surface area contributed by atoms with Gasteiger partial charge < -0.3 is 10.5 Å². The van der Waals surface area contributed by atoms with Gasteiger partial charge in [-0.2, -0.15) is 0 Å². The van der Waals surface area contributed by atoms with Crippen molar-refractivity contribution >= 4 is 17.4 Å². The molecule has 3 aromatic rings. The largest absolute Gasteiger partial charge is 0.383 e. The second-order valence-corrected chi connectivity index (χ2v) is 7.24. The van der Waals surface area contributed by atoms with Crippen LogP contribution in [-0.4, -0.2) is 28.2 Å². The minimum Gasteiger partial charge on any atom is -0.383 e. The number of rotatable bonds is 9. The molecule has 0 fully saturated rings. The quantitative estimate of drug-likeness (QED) is 0.502. The summed E-state index contributed by atoms with van der Waals surface area (Å²) in [6, 6.07) is 18.4. The van der Waals surface area contributed by atoms with Crippen LogP contribution in [-0.2, 0) is 22.6 Å². The van der Waals surface area contributed by atoms with Crippen LogP contribution in [0.25, 0.3) is 0 Å². The van der Waals surface area contributed by atoms with Crippen LogP contribution in [0.15, 0.2) is 82.9 Å². The molecule has 8 heteroatoms. The average molecular weight is 434 g/mol. The maximum Gasteiger partial charge on any atom is 0.330 e. The Hall–Kier alpha value is -3.91. The van der Waals surface area contributed by atoms with Crippen molar-refractivity contribution in [2.45, 2.75) is 26.1 Å². The molecular weight excluding hydrogens is 408 g/mol. The lowest BCUT2D eigenvalue weighted by Gasteiger charge is -2.27.